The van der Waals surface area contributed by atoms with Crippen LogP contribution >= 0.6 is 27.7 Å². The van der Waals surface area contributed by atoms with Crippen LogP contribution in [-0.2, 0) is 21.9 Å². The number of halogens is 1. The van der Waals surface area contributed by atoms with Gasteiger partial charge in [0.15, 0.2) is 6.61 Å². The summed E-state index contributed by atoms with van der Waals surface area (Å²) in [7, 11) is 0. The maximum atomic E-state index is 11.8. The number of benzene rings is 2. The lowest BCUT2D eigenvalue weighted by molar-refractivity contribution is -0.142. The number of carbonyl (C=O) groups is 1. The topological polar surface area (TPSA) is 65.2 Å². The van der Waals surface area contributed by atoms with Crippen LogP contribution in [0.4, 0.5) is 0 Å². The number of nitrogens with zero attached hydrogens (tertiary/aromatic N) is 2. The summed E-state index contributed by atoms with van der Waals surface area (Å²) in [6.45, 7) is 1.98. The molecular formula is C19H17BrN2O3S. The van der Waals surface area contributed by atoms with Gasteiger partial charge in [0.05, 0.1) is 5.75 Å². The predicted octanol–water partition coefficient (Wildman–Crippen LogP) is 4.78. The average molecular weight is 433 g/mol. The van der Waals surface area contributed by atoms with Crippen LogP contribution in [0.25, 0.3) is 11.5 Å². The van der Waals surface area contributed by atoms with Crippen molar-refractivity contribution in [3.63, 3.8) is 0 Å². The summed E-state index contributed by atoms with van der Waals surface area (Å²) in [5, 5.41) is 7.92. The van der Waals surface area contributed by atoms with Crippen LogP contribution in [0.2, 0.25) is 0 Å². The molecule has 26 heavy (non-hydrogen) atoms. The normalized spacial score (nSPS) is 10.7. The zero-order valence-electron chi connectivity index (χ0n) is 14.1. The Morgan fingerprint density at radius 1 is 1.19 bits per heavy atom. The van der Waals surface area contributed by atoms with E-state index in [0.29, 0.717) is 5.89 Å². The van der Waals surface area contributed by atoms with Gasteiger partial charge in [-0.2, -0.15) is 0 Å². The number of rotatable bonds is 7. The van der Waals surface area contributed by atoms with Gasteiger partial charge in [-0.3, -0.25) is 4.79 Å². The summed E-state index contributed by atoms with van der Waals surface area (Å²) in [4.78, 5) is 11.8. The fraction of sp³-hybridized carbons (Fsp3) is 0.211. The monoisotopic (exact) mass is 432 g/mol. The van der Waals surface area contributed by atoms with E-state index in [0.717, 1.165) is 26.9 Å². The minimum Gasteiger partial charge on any atom is -0.455 e. The lowest BCUT2D eigenvalue weighted by Gasteiger charge is -2.03. The number of thioether (sulfide) groups is 1. The van der Waals surface area contributed by atoms with Crippen LogP contribution in [-0.4, -0.2) is 21.9 Å². The molecule has 2 aromatic carbocycles. The maximum absolute atomic E-state index is 11.8. The Bertz CT molecular complexity index is 881. The van der Waals surface area contributed by atoms with Gasteiger partial charge in [0.2, 0.25) is 5.89 Å². The first-order valence-corrected chi connectivity index (χ1v) is 9.92. The van der Waals surface area contributed by atoms with E-state index in [2.05, 4.69) is 26.1 Å². The molecule has 0 unspecified atom stereocenters. The van der Waals surface area contributed by atoms with E-state index in [4.69, 9.17) is 9.15 Å². The summed E-state index contributed by atoms with van der Waals surface area (Å²) in [5.41, 5.74) is 3.11. The molecule has 0 atom stereocenters. The molecule has 5 nitrogen and oxygen atoms in total. The largest absolute Gasteiger partial charge is 0.455 e. The molecule has 7 heteroatoms. The molecule has 0 aliphatic rings. The minimum absolute atomic E-state index is 0.0174. The molecule has 0 saturated carbocycles. The number of ether oxygens (including phenoxy) is 1. The van der Waals surface area contributed by atoms with Crippen LogP contribution in [0.1, 0.15) is 17.0 Å². The third-order valence-electron chi connectivity index (χ3n) is 3.49. The Hall–Kier alpha value is -2.12. The van der Waals surface area contributed by atoms with E-state index in [1.54, 1.807) is 0 Å². The van der Waals surface area contributed by atoms with Crippen molar-refractivity contribution < 1.29 is 13.9 Å². The molecule has 0 aliphatic heterocycles. The Balaban J connectivity index is 1.44. The van der Waals surface area contributed by atoms with Crippen molar-refractivity contribution in [3.8, 4) is 11.5 Å². The van der Waals surface area contributed by atoms with Gasteiger partial charge in [-0.1, -0.05) is 45.8 Å². The summed E-state index contributed by atoms with van der Waals surface area (Å²) in [5.74, 6) is 1.43. The Morgan fingerprint density at radius 2 is 2.00 bits per heavy atom. The van der Waals surface area contributed by atoms with Gasteiger partial charge in [-0.05, 0) is 36.8 Å². The number of carbonyl (C=O) groups excluding carboxylic acids is 1. The first kappa shape index (κ1) is 18.7. The third kappa shape index (κ3) is 5.44. The van der Waals surface area contributed by atoms with Crippen molar-refractivity contribution >= 4 is 33.7 Å². The SMILES string of the molecule is Cc1cccc(-c2nnc(COC(=O)CSCc3ccc(Br)cc3)o2)c1. The highest BCUT2D eigenvalue weighted by Gasteiger charge is 2.11. The van der Waals surface area contributed by atoms with Gasteiger partial charge in [0.25, 0.3) is 5.89 Å². The zero-order chi connectivity index (χ0) is 18.4. The first-order valence-electron chi connectivity index (χ1n) is 7.97. The highest BCUT2D eigenvalue weighted by molar-refractivity contribution is 9.10. The van der Waals surface area contributed by atoms with Gasteiger partial charge in [-0.25, -0.2) is 0 Å². The molecule has 0 spiro atoms. The molecule has 1 aromatic heterocycles. The predicted molar refractivity (Wildman–Crippen MR) is 105 cm³/mol. The Kier molecular flexibility index (Phi) is 6.46. The molecule has 0 N–H and O–H groups in total. The van der Waals surface area contributed by atoms with Gasteiger partial charge in [0.1, 0.15) is 0 Å². The highest BCUT2D eigenvalue weighted by Crippen LogP contribution is 2.19. The maximum Gasteiger partial charge on any atom is 0.316 e. The van der Waals surface area contributed by atoms with Gasteiger partial charge >= 0.3 is 5.97 Å². The van der Waals surface area contributed by atoms with Crippen LogP contribution in [0.3, 0.4) is 0 Å². The van der Waals surface area contributed by atoms with E-state index in [1.807, 2.05) is 55.5 Å². The van der Waals surface area contributed by atoms with Crippen LogP contribution < -0.4 is 0 Å². The van der Waals surface area contributed by atoms with Crippen molar-refractivity contribution in [2.45, 2.75) is 19.3 Å². The average Bonchev–Trinajstić information content (AvgIpc) is 3.11. The lowest BCUT2D eigenvalue weighted by atomic mass is 10.1. The molecule has 134 valence electrons. The number of hydrogen-bond acceptors (Lipinski definition) is 6. The van der Waals surface area contributed by atoms with Gasteiger partial charge in [0, 0.05) is 15.8 Å². The molecule has 0 bridgehead atoms. The Labute approximate surface area is 164 Å². The van der Waals surface area contributed by atoms with E-state index in [9.17, 15) is 4.79 Å². The standard InChI is InChI=1S/C19H17BrN2O3S/c1-13-3-2-4-15(9-13)19-22-21-17(25-19)10-24-18(23)12-26-11-14-5-7-16(20)8-6-14/h2-9H,10-12H2,1H3. The fourth-order valence-corrected chi connectivity index (χ4v) is 3.27. The van der Waals surface area contributed by atoms with Crippen LogP contribution in [0.15, 0.2) is 57.4 Å². The molecule has 3 rings (SSSR count). The summed E-state index contributed by atoms with van der Waals surface area (Å²) < 4.78 is 11.8. The van der Waals surface area contributed by atoms with Gasteiger partial charge in [-0.15, -0.1) is 22.0 Å². The second-order valence-electron chi connectivity index (χ2n) is 5.65. The minimum atomic E-state index is -0.303. The fourth-order valence-electron chi connectivity index (χ4n) is 2.22. The highest BCUT2D eigenvalue weighted by atomic mass is 79.9. The second-order valence-corrected chi connectivity index (χ2v) is 7.55. The first-order chi connectivity index (χ1) is 12.6. The second kappa shape index (κ2) is 9.00. The van der Waals surface area contributed by atoms with Crippen molar-refractivity contribution in [3.05, 3.63) is 70.0 Å². The van der Waals surface area contributed by atoms with E-state index < -0.39 is 0 Å². The van der Waals surface area contributed by atoms with E-state index in [1.165, 1.54) is 11.8 Å². The lowest BCUT2D eigenvalue weighted by Crippen LogP contribution is -2.07. The molecule has 1 heterocycles. The summed E-state index contributed by atoms with van der Waals surface area (Å²) >= 11 is 4.90. The third-order valence-corrected chi connectivity index (χ3v) is 5.00. The molecule has 0 saturated heterocycles. The zero-order valence-corrected chi connectivity index (χ0v) is 16.5. The Morgan fingerprint density at radius 3 is 2.77 bits per heavy atom. The summed E-state index contributed by atoms with van der Waals surface area (Å²) in [6, 6.07) is 15.8. The quantitative estimate of drug-likeness (QED) is 0.500. The van der Waals surface area contributed by atoms with Crippen LogP contribution in [0.5, 0.6) is 0 Å². The molecule has 0 aliphatic carbocycles. The van der Waals surface area contributed by atoms with Gasteiger partial charge < -0.3 is 9.15 Å². The number of hydrogen-bond donors (Lipinski definition) is 0. The number of aromatic nitrogens is 2. The molecule has 0 fully saturated rings. The molecule has 0 amide bonds. The number of esters is 1. The van der Waals surface area contributed by atoms with E-state index in [-0.39, 0.29) is 24.2 Å². The van der Waals surface area contributed by atoms with Crippen molar-refractivity contribution in [1.29, 1.82) is 0 Å². The van der Waals surface area contributed by atoms with Crippen LogP contribution in [0, 0.1) is 6.92 Å². The van der Waals surface area contributed by atoms with Crippen molar-refractivity contribution in [2.24, 2.45) is 0 Å². The van der Waals surface area contributed by atoms with Crippen molar-refractivity contribution in [1.82, 2.24) is 10.2 Å². The van der Waals surface area contributed by atoms with Crippen molar-refractivity contribution in [2.75, 3.05) is 5.75 Å². The van der Waals surface area contributed by atoms with E-state index >= 15 is 0 Å². The summed E-state index contributed by atoms with van der Waals surface area (Å²) in [6.07, 6.45) is 0. The number of aryl methyl sites for hydroxylation is 1. The smallest absolute Gasteiger partial charge is 0.316 e. The molecule has 3 aromatic rings. The molecular weight excluding hydrogens is 416 g/mol. The molecule has 0 radical (unpaired) electrons.